The minimum Gasteiger partial charge on any atom is -0.310 e. The van der Waals surface area contributed by atoms with Crippen LogP contribution in [0.3, 0.4) is 0 Å². The summed E-state index contributed by atoms with van der Waals surface area (Å²) in [6.45, 7) is 3.26. The van der Waals surface area contributed by atoms with Gasteiger partial charge < -0.3 is 5.32 Å². The molecule has 2 atom stereocenters. The molecule has 0 aliphatic heterocycles. The van der Waals surface area contributed by atoms with E-state index in [1.54, 1.807) is 0 Å². The molecule has 20 heavy (non-hydrogen) atoms. The Balaban J connectivity index is 1.73. The third-order valence-electron chi connectivity index (χ3n) is 4.70. The quantitative estimate of drug-likeness (QED) is 0.894. The van der Waals surface area contributed by atoms with Gasteiger partial charge in [-0.2, -0.15) is 0 Å². The molecule has 1 heterocycles. The van der Waals surface area contributed by atoms with Crippen LogP contribution in [0.1, 0.15) is 44.6 Å². The van der Waals surface area contributed by atoms with Gasteiger partial charge in [-0.05, 0) is 30.4 Å². The lowest BCUT2D eigenvalue weighted by Crippen LogP contribution is -2.37. The molecule has 2 unspecified atom stereocenters. The summed E-state index contributed by atoms with van der Waals surface area (Å²) in [5, 5.41) is 5.03. The monoisotopic (exact) mass is 268 g/mol. The molecule has 1 aliphatic rings. The number of para-hydroxylation sites is 1. The summed E-state index contributed by atoms with van der Waals surface area (Å²) in [6.07, 6.45) is 8.69. The number of nitrogens with zero attached hydrogens (tertiary/aromatic N) is 1. The van der Waals surface area contributed by atoms with Crippen LogP contribution in [0.4, 0.5) is 0 Å². The zero-order valence-corrected chi connectivity index (χ0v) is 12.3. The number of rotatable bonds is 4. The van der Waals surface area contributed by atoms with Crippen LogP contribution >= 0.6 is 0 Å². The molecule has 0 bridgehead atoms. The molecule has 1 aromatic carbocycles. The fourth-order valence-corrected chi connectivity index (χ4v) is 3.52. The van der Waals surface area contributed by atoms with Crippen LogP contribution in [0.25, 0.3) is 10.9 Å². The van der Waals surface area contributed by atoms with Crippen molar-refractivity contribution in [2.24, 2.45) is 5.92 Å². The summed E-state index contributed by atoms with van der Waals surface area (Å²) in [5.41, 5.74) is 2.47. The van der Waals surface area contributed by atoms with Crippen molar-refractivity contribution in [3.8, 4) is 0 Å². The first-order valence-corrected chi connectivity index (χ1v) is 7.94. The molecule has 1 fully saturated rings. The van der Waals surface area contributed by atoms with Crippen LogP contribution in [-0.4, -0.2) is 11.0 Å². The van der Waals surface area contributed by atoms with Crippen molar-refractivity contribution < 1.29 is 0 Å². The molecular weight excluding hydrogens is 244 g/mol. The Morgan fingerprint density at radius 1 is 1.15 bits per heavy atom. The Hall–Kier alpha value is -1.41. The van der Waals surface area contributed by atoms with E-state index in [-0.39, 0.29) is 0 Å². The average molecular weight is 268 g/mol. The molecule has 2 aromatic rings. The van der Waals surface area contributed by atoms with E-state index in [9.17, 15) is 0 Å². The number of pyridine rings is 1. The molecule has 1 N–H and O–H groups in total. The van der Waals surface area contributed by atoms with Crippen molar-refractivity contribution >= 4 is 10.9 Å². The maximum absolute atomic E-state index is 4.54. The molecule has 1 aliphatic carbocycles. The minimum atomic E-state index is 0.688. The van der Waals surface area contributed by atoms with Crippen molar-refractivity contribution in [1.82, 2.24) is 10.3 Å². The highest BCUT2D eigenvalue weighted by atomic mass is 14.9. The van der Waals surface area contributed by atoms with Crippen molar-refractivity contribution in [3.05, 3.63) is 42.1 Å². The molecule has 0 amide bonds. The average Bonchev–Trinajstić information content (AvgIpc) is 2.53. The van der Waals surface area contributed by atoms with Crippen molar-refractivity contribution in [3.63, 3.8) is 0 Å². The number of benzene rings is 1. The predicted molar refractivity (Wildman–Crippen MR) is 84.6 cm³/mol. The molecule has 0 spiro atoms. The summed E-state index contributed by atoms with van der Waals surface area (Å²) in [6, 6.07) is 11.3. The molecule has 1 aromatic heterocycles. The van der Waals surface area contributed by atoms with E-state index in [0.29, 0.717) is 6.04 Å². The van der Waals surface area contributed by atoms with E-state index < -0.39 is 0 Å². The maximum atomic E-state index is 4.54. The summed E-state index contributed by atoms with van der Waals surface area (Å²) >= 11 is 0. The Bertz CT molecular complexity index is 559. The van der Waals surface area contributed by atoms with Crippen LogP contribution in [0, 0.1) is 5.92 Å². The first-order chi connectivity index (χ1) is 9.88. The topological polar surface area (TPSA) is 24.9 Å². The standard InChI is InChI=1S/C18H24N2/c1-2-14-7-3-4-11-17(14)20-13-16-9-5-8-15-10-6-12-19-18(15)16/h5-6,8-10,12,14,17,20H,2-4,7,11,13H2,1H3. The van der Waals surface area contributed by atoms with Gasteiger partial charge in [0.15, 0.2) is 0 Å². The van der Waals surface area contributed by atoms with E-state index in [4.69, 9.17) is 0 Å². The number of hydrogen-bond acceptors (Lipinski definition) is 2. The highest BCUT2D eigenvalue weighted by Gasteiger charge is 2.22. The third kappa shape index (κ3) is 2.85. The number of nitrogens with one attached hydrogen (secondary N) is 1. The van der Waals surface area contributed by atoms with Gasteiger partial charge in [0, 0.05) is 24.2 Å². The summed E-state index contributed by atoms with van der Waals surface area (Å²) in [4.78, 5) is 4.54. The zero-order valence-electron chi connectivity index (χ0n) is 12.3. The Morgan fingerprint density at radius 3 is 2.90 bits per heavy atom. The molecule has 0 saturated heterocycles. The highest BCUT2D eigenvalue weighted by molar-refractivity contribution is 5.81. The van der Waals surface area contributed by atoms with E-state index in [2.05, 4.69) is 41.5 Å². The van der Waals surface area contributed by atoms with Gasteiger partial charge in [0.1, 0.15) is 0 Å². The Labute approximate surface area is 121 Å². The molecule has 2 heteroatoms. The second kappa shape index (κ2) is 6.36. The molecule has 1 saturated carbocycles. The Morgan fingerprint density at radius 2 is 2.00 bits per heavy atom. The van der Waals surface area contributed by atoms with Gasteiger partial charge >= 0.3 is 0 Å². The van der Waals surface area contributed by atoms with E-state index in [0.717, 1.165) is 18.0 Å². The molecule has 106 valence electrons. The predicted octanol–water partition coefficient (Wildman–Crippen LogP) is 4.29. The second-order valence-electron chi connectivity index (χ2n) is 5.93. The first kappa shape index (κ1) is 13.6. The van der Waals surface area contributed by atoms with E-state index in [1.807, 2.05) is 12.3 Å². The normalized spacial score (nSPS) is 23.1. The molecule has 2 nitrogen and oxygen atoms in total. The van der Waals surface area contributed by atoms with Gasteiger partial charge in [-0.1, -0.05) is 50.5 Å². The van der Waals surface area contributed by atoms with Crippen molar-refractivity contribution in [2.75, 3.05) is 0 Å². The smallest absolute Gasteiger partial charge is 0.0746 e. The fourth-order valence-electron chi connectivity index (χ4n) is 3.52. The van der Waals surface area contributed by atoms with Gasteiger partial charge in [0.2, 0.25) is 0 Å². The summed E-state index contributed by atoms with van der Waals surface area (Å²) in [7, 11) is 0. The minimum absolute atomic E-state index is 0.688. The lowest BCUT2D eigenvalue weighted by Gasteiger charge is -2.31. The van der Waals surface area contributed by atoms with Gasteiger partial charge in [0.05, 0.1) is 5.52 Å². The number of aromatic nitrogens is 1. The van der Waals surface area contributed by atoms with E-state index >= 15 is 0 Å². The van der Waals surface area contributed by atoms with Crippen molar-refractivity contribution in [1.29, 1.82) is 0 Å². The molecular formula is C18H24N2. The first-order valence-electron chi connectivity index (χ1n) is 7.94. The van der Waals surface area contributed by atoms with Crippen LogP contribution in [-0.2, 0) is 6.54 Å². The fraction of sp³-hybridized carbons (Fsp3) is 0.500. The summed E-state index contributed by atoms with van der Waals surface area (Å²) in [5.74, 6) is 0.853. The van der Waals surface area contributed by atoms with E-state index in [1.165, 1.54) is 43.1 Å². The second-order valence-corrected chi connectivity index (χ2v) is 5.93. The van der Waals surface area contributed by atoms with Crippen LogP contribution in [0.5, 0.6) is 0 Å². The largest absolute Gasteiger partial charge is 0.310 e. The molecule has 0 radical (unpaired) electrons. The van der Waals surface area contributed by atoms with Gasteiger partial charge in [-0.25, -0.2) is 0 Å². The van der Waals surface area contributed by atoms with Gasteiger partial charge in [0.25, 0.3) is 0 Å². The highest BCUT2D eigenvalue weighted by Crippen LogP contribution is 2.27. The van der Waals surface area contributed by atoms with Gasteiger partial charge in [-0.3, -0.25) is 4.98 Å². The third-order valence-corrected chi connectivity index (χ3v) is 4.70. The lowest BCUT2D eigenvalue weighted by atomic mass is 9.83. The number of fused-ring (bicyclic) bond motifs is 1. The Kier molecular flexibility index (Phi) is 4.31. The summed E-state index contributed by atoms with van der Waals surface area (Å²) < 4.78 is 0. The molecule has 3 rings (SSSR count). The zero-order chi connectivity index (χ0) is 13.8. The maximum Gasteiger partial charge on any atom is 0.0746 e. The lowest BCUT2D eigenvalue weighted by molar-refractivity contribution is 0.254. The van der Waals surface area contributed by atoms with Gasteiger partial charge in [-0.15, -0.1) is 0 Å². The van der Waals surface area contributed by atoms with Crippen LogP contribution in [0.2, 0.25) is 0 Å². The SMILES string of the molecule is CCC1CCCCC1NCc1cccc2cccnc12. The van der Waals surface area contributed by atoms with Crippen LogP contribution in [0.15, 0.2) is 36.5 Å². The van der Waals surface area contributed by atoms with Crippen molar-refractivity contribution in [2.45, 2.75) is 51.6 Å². The number of hydrogen-bond donors (Lipinski definition) is 1. The van der Waals surface area contributed by atoms with Crippen LogP contribution < -0.4 is 5.32 Å².